The predicted molar refractivity (Wildman–Crippen MR) is 46.2 cm³/mol. The van der Waals surface area contributed by atoms with Gasteiger partial charge >= 0.3 is 0 Å². The Morgan fingerprint density at radius 3 is 1.78 bits per heavy atom. The molecule has 0 bridgehead atoms. The number of carboxylic acids is 1. The first-order chi connectivity index (χ1) is 8.25. The molecule has 3 N–H and O–H groups in total. The minimum Gasteiger partial charge on any atom is -0.550 e. The molecule has 0 aliphatic carbocycles. The molecule has 1 rings (SSSR count). The van der Waals surface area contributed by atoms with Gasteiger partial charge in [0.15, 0.2) is 23.3 Å². The van der Waals surface area contributed by atoms with E-state index in [4.69, 9.17) is 0 Å². The second-order valence-corrected chi connectivity index (χ2v) is 3.69. The van der Waals surface area contributed by atoms with Crippen molar-refractivity contribution >= 4 is 5.97 Å². The number of rotatable bonds is 4. The first-order valence-corrected chi connectivity index (χ1v) is 4.79. The predicted octanol–water partition coefficient (Wildman–Crippen LogP) is -0.325. The Morgan fingerprint density at radius 2 is 1.39 bits per heavy atom. The summed E-state index contributed by atoms with van der Waals surface area (Å²) in [6, 6.07) is -1.07. The van der Waals surface area contributed by atoms with Crippen molar-refractivity contribution in [1.82, 2.24) is 0 Å². The van der Waals surface area contributed by atoms with Crippen molar-refractivity contribution in [3.63, 3.8) is 0 Å². The Hall–Kier alpha value is -1.70. The summed E-state index contributed by atoms with van der Waals surface area (Å²) in [4.78, 5) is 10.2. The molecule has 0 saturated carbocycles. The van der Waals surface area contributed by atoms with Crippen molar-refractivity contribution in [2.45, 2.75) is 18.9 Å². The van der Waals surface area contributed by atoms with Crippen LogP contribution in [-0.2, 0) is 11.2 Å². The lowest BCUT2D eigenvalue weighted by Gasteiger charge is -2.12. The molecule has 0 fully saturated rings. The minimum absolute atomic E-state index is 0.653. The summed E-state index contributed by atoms with van der Waals surface area (Å²) in [5, 5.41) is 10.2. The molecule has 0 radical (unpaired) electrons. The summed E-state index contributed by atoms with van der Waals surface area (Å²) < 4.78 is 64.7. The van der Waals surface area contributed by atoms with Crippen molar-refractivity contribution < 1.29 is 37.6 Å². The third kappa shape index (κ3) is 2.76. The molecule has 0 aromatic heterocycles. The summed E-state index contributed by atoms with van der Waals surface area (Å²) in [5.74, 6) is -11.9. The van der Waals surface area contributed by atoms with Gasteiger partial charge in [-0.2, -0.15) is 0 Å². The normalized spacial score (nSPS) is 12.6. The average Bonchev–Trinajstić information content (AvgIpc) is 2.29. The Kier molecular flexibility index (Phi) is 4.23. The Labute approximate surface area is 98.0 Å². The number of halogens is 5. The van der Waals surface area contributed by atoms with Gasteiger partial charge < -0.3 is 15.6 Å². The van der Waals surface area contributed by atoms with Crippen LogP contribution in [0.5, 0.6) is 0 Å². The zero-order chi connectivity index (χ0) is 14.0. The molecule has 0 aliphatic rings. The molecule has 3 nitrogen and oxygen atoms in total. The number of carbonyl (C=O) groups is 1. The molecule has 0 amide bonds. The van der Waals surface area contributed by atoms with E-state index in [1.165, 1.54) is 0 Å². The Balaban J connectivity index is 3.13. The lowest BCUT2D eigenvalue weighted by molar-refractivity contribution is -0.423. The zero-order valence-electron chi connectivity index (χ0n) is 8.90. The first-order valence-electron chi connectivity index (χ1n) is 4.79. The largest absolute Gasteiger partial charge is 0.550 e. The van der Waals surface area contributed by atoms with Gasteiger partial charge in [-0.25, -0.2) is 22.0 Å². The lowest BCUT2D eigenvalue weighted by atomic mass is 10.0. The summed E-state index contributed by atoms with van der Waals surface area (Å²) >= 11 is 0. The molecule has 0 aliphatic heterocycles. The maximum atomic E-state index is 13.2. The molecule has 1 aromatic carbocycles. The third-order valence-electron chi connectivity index (χ3n) is 2.25. The quantitative estimate of drug-likeness (QED) is 0.462. The Bertz CT molecular complexity index is 463. The van der Waals surface area contributed by atoms with Gasteiger partial charge in [0, 0.05) is 24.4 Å². The fourth-order valence-corrected chi connectivity index (χ4v) is 1.43. The van der Waals surface area contributed by atoms with Gasteiger partial charge in [-0.05, 0) is 0 Å². The molecule has 1 aromatic rings. The number of carbonyl (C=O) groups excluding carboxylic acids is 1. The van der Waals surface area contributed by atoms with Crippen LogP contribution >= 0.6 is 0 Å². The van der Waals surface area contributed by atoms with Crippen LogP contribution in [0.1, 0.15) is 12.0 Å². The SMILES string of the molecule is [NH3+][C@@H](CC(=O)[O-])Cc1c(F)c(F)c(F)c(F)c1F. The molecule has 0 saturated heterocycles. The fraction of sp³-hybridized carbons (Fsp3) is 0.300. The van der Waals surface area contributed by atoms with Crippen LogP contribution in [0.3, 0.4) is 0 Å². The molecule has 1 atom stereocenters. The fourth-order valence-electron chi connectivity index (χ4n) is 1.43. The van der Waals surface area contributed by atoms with Gasteiger partial charge in [-0.1, -0.05) is 0 Å². The average molecular weight is 269 g/mol. The lowest BCUT2D eigenvalue weighted by Crippen LogP contribution is -2.63. The van der Waals surface area contributed by atoms with E-state index >= 15 is 0 Å². The van der Waals surface area contributed by atoms with Crippen LogP contribution in [0.4, 0.5) is 22.0 Å². The second kappa shape index (κ2) is 5.30. The molecular weight excluding hydrogens is 261 g/mol. The minimum atomic E-state index is -2.26. The van der Waals surface area contributed by atoms with Gasteiger partial charge in [0.25, 0.3) is 0 Å². The van der Waals surface area contributed by atoms with E-state index < -0.39 is 59.5 Å². The van der Waals surface area contributed by atoms with Crippen LogP contribution in [0.25, 0.3) is 0 Å². The number of hydrogen-bond acceptors (Lipinski definition) is 2. The molecule has 18 heavy (non-hydrogen) atoms. The summed E-state index contributed by atoms with van der Waals surface area (Å²) in [6.45, 7) is 0. The maximum absolute atomic E-state index is 13.2. The molecular formula is C10H8F5NO2. The van der Waals surface area contributed by atoms with E-state index in [1.54, 1.807) is 0 Å². The van der Waals surface area contributed by atoms with Crippen molar-refractivity contribution in [3.8, 4) is 0 Å². The van der Waals surface area contributed by atoms with E-state index in [0.29, 0.717) is 0 Å². The summed E-state index contributed by atoms with van der Waals surface area (Å²) in [6.07, 6.45) is -1.35. The molecule has 0 unspecified atom stereocenters. The summed E-state index contributed by atoms with van der Waals surface area (Å²) in [7, 11) is 0. The van der Waals surface area contributed by atoms with E-state index in [2.05, 4.69) is 5.73 Å². The van der Waals surface area contributed by atoms with E-state index in [-0.39, 0.29) is 0 Å². The highest BCUT2D eigenvalue weighted by Gasteiger charge is 2.27. The highest BCUT2D eigenvalue weighted by molar-refractivity contribution is 5.64. The van der Waals surface area contributed by atoms with Crippen LogP contribution < -0.4 is 10.8 Å². The van der Waals surface area contributed by atoms with E-state index in [0.717, 1.165) is 0 Å². The standard InChI is InChI=1S/C10H8F5NO2/c11-6-4(1-3(16)2-5(17)18)7(12)9(14)10(15)8(6)13/h3H,1-2,16H2,(H,17,18)/t3-/m1/s1. The van der Waals surface area contributed by atoms with Crippen LogP contribution in [0.2, 0.25) is 0 Å². The molecule has 0 spiro atoms. The molecule has 0 heterocycles. The van der Waals surface area contributed by atoms with Crippen molar-refractivity contribution in [3.05, 3.63) is 34.6 Å². The van der Waals surface area contributed by atoms with E-state index in [1.807, 2.05) is 0 Å². The number of quaternary nitrogens is 1. The van der Waals surface area contributed by atoms with Crippen LogP contribution in [-0.4, -0.2) is 12.0 Å². The monoisotopic (exact) mass is 269 g/mol. The van der Waals surface area contributed by atoms with Crippen LogP contribution in [0, 0.1) is 29.1 Å². The number of aliphatic carboxylic acids is 1. The summed E-state index contributed by atoms with van der Waals surface area (Å²) in [5.41, 5.74) is 2.17. The molecule has 100 valence electrons. The van der Waals surface area contributed by atoms with Gasteiger partial charge in [-0.15, -0.1) is 0 Å². The highest BCUT2D eigenvalue weighted by Crippen LogP contribution is 2.23. The second-order valence-electron chi connectivity index (χ2n) is 3.69. The number of benzene rings is 1. The topological polar surface area (TPSA) is 67.8 Å². The van der Waals surface area contributed by atoms with Crippen molar-refractivity contribution in [2.75, 3.05) is 0 Å². The number of carboxylic acid groups (broad SMARTS) is 1. The third-order valence-corrected chi connectivity index (χ3v) is 2.25. The number of hydrogen-bond donors (Lipinski definition) is 1. The van der Waals surface area contributed by atoms with Gasteiger partial charge in [0.2, 0.25) is 5.82 Å². The molecule has 8 heteroatoms. The maximum Gasteiger partial charge on any atom is 0.200 e. The first kappa shape index (κ1) is 14.4. The van der Waals surface area contributed by atoms with Crippen molar-refractivity contribution in [2.24, 2.45) is 0 Å². The van der Waals surface area contributed by atoms with E-state index in [9.17, 15) is 31.9 Å². The van der Waals surface area contributed by atoms with Crippen LogP contribution in [0.15, 0.2) is 0 Å². The van der Waals surface area contributed by atoms with Gasteiger partial charge in [0.05, 0.1) is 6.04 Å². The smallest absolute Gasteiger partial charge is 0.200 e. The zero-order valence-corrected chi connectivity index (χ0v) is 8.90. The highest BCUT2D eigenvalue weighted by atomic mass is 19.2. The Morgan fingerprint density at radius 1 is 1.00 bits per heavy atom. The van der Waals surface area contributed by atoms with Gasteiger partial charge in [-0.3, -0.25) is 0 Å². The van der Waals surface area contributed by atoms with Crippen molar-refractivity contribution in [1.29, 1.82) is 0 Å². The van der Waals surface area contributed by atoms with Gasteiger partial charge in [0.1, 0.15) is 0 Å².